The van der Waals surface area contributed by atoms with Crippen LogP contribution in [0.1, 0.15) is 26.2 Å². The number of benzene rings is 1. The first-order chi connectivity index (χ1) is 16.6. The van der Waals surface area contributed by atoms with Crippen LogP contribution in [-0.2, 0) is 4.79 Å². The number of hydrogen-bond donors (Lipinski definition) is 1. The van der Waals surface area contributed by atoms with Gasteiger partial charge in [-0.2, -0.15) is 0 Å². The van der Waals surface area contributed by atoms with E-state index in [2.05, 4.69) is 20.4 Å². The normalized spacial score (nSPS) is 16.1. The Morgan fingerprint density at radius 3 is 2.68 bits per heavy atom. The highest BCUT2D eigenvalue weighted by Gasteiger charge is 2.29. The number of nitrogens with one attached hydrogen (secondary N) is 1. The molecule has 182 valence electrons. The quantitative estimate of drug-likeness (QED) is 0.643. The van der Waals surface area contributed by atoms with E-state index in [1.54, 1.807) is 12.0 Å². The van der Waals surface area contributed by atoms with Crippen LogP contribution in [0.15, 0.2) is 36.4 Å². The topological polar surface area (TPSA) is 90.9 Å². The molecule has 1 aromatic heterocycles. The van der Waals surface area contributed by atoms with Gasteiger partial charge in [-0.3, -0.25) is 4.79 Å². The first kappa shape index (κ1) is 23.8. The molecule has 9 heteroatoms. The zero-order chi connectivity index (χ0) is 23.9. The Labute approximate surface area is 201 Å². The van der Waals surface area contributed by atoms with Crippen LogP contribution < -0.4 is 15.0 Å². The number of nitrogens with zero attached hydrogens (tertiary/aromatic N) is 5. The summed E-state index contributed by atoms with van der Waals surface area (Å²) in [7, 11) is 1.64. The van der Waals surface area contributed by atoms with Crippen molar-refractivity contribution in [2.75, 3.05) is 57.8 Å². The number of rotatable bonds is 8. The molecule has 2 fully saturated rings. The van der Waals surface area contributed by atoms with Crippen LogP contribution in [0.2, 0.25) is 0 Å². The van der Waals surface area contributed by atoms with Crippen LogP contribution in [0.3, 0.4) is 0 Å². The number of hydrogen-bond acceptors (Lipinski definition) is 6. The number of anilines is 1. The molecule has 0 radical (unpaired) electrons. The van der Waals surface area contributed by atoms with Crippen LogP contribution in [-0.4, -0.2) is 84.9 Å². The molecule has 0 spiro atoms. The number of aromatic nitrogens is 2. The third kappa shape index (κ3) is 6.15. The van der Waals surface area contributed by atoms with E-state index in [0.717, 1.165) is 48.6 Å². The lowest BCUT2D eigenvalue weighted by Crippen LogP contribution is -2.48. The molecule has 9 nitrogen and oxygen atoms in total. The number of carbonyl (C=O) groups is 2. The average Bonchev–Trinajstić information content (AvgIpc) is 3.70. The Morgan fingerprint density at radius 2 is 1.97 bits per heavy atom. The fourth-order valence-corrected chi connectivity index (χ4v) is 4.18. The Morgan fingerprint density at radius 1 is 1.12 bits per heavy atom. The van der Waals surface area contributed by atoms with Crippen molar-refractivity contribution >= 4 is 17.8 Å². The van der Waals surface area contributed by atoms with Gasteiger partial charge in [-0.25, -0.2) is 4.79 Å². The van der Waals surface area contributed by atoms with Crippen LogP contribution >= 0.6 is 0 Å². The van der Waals surface area contributed by atoms with Crippen molar-refractivity contribution in [1.82, 2.24) is 25.3 Å². The third-order valence-electron chi connectivity index (χ3n) is 6.31. The number of ether oxygens (including phenoxy) is 1. The zero-order valence-electron chi connectivity index (χ0n) is 20.1. The van der Waals surface area contributed by atoms with E-state index in [0.29, 0.717) is 38.6 Å². The number of amides is 3. The molecular formula is C25H34N6O3. The summed E-state index contributed by atoms with van der Waals surface area (Å²) in [5.41, 5.74) is 1.74. The standard InChI is InChI=1S/C25H34N6O3/c1-3-26-25(33)31(17-19-8-9-19)18-24(32)30-13-5-12-29(14-15-30)23-11-10-22(27-28-23)20-6-4-7-21(16-20)34-2/h4,6-7,10-11,16,19H,3,5,8-9,12-15,17-18H2,1-2H3,(H,26,33). The van der Waals surface area contributed by atoms with Gasteiger partial charge in [-0.05, 0) is 56.4 Å². The molecule has 1 N–H and O–H groups in total. The zero-order valence-corrected chi connectivity index (χ0v) is 20.1. The molecule has 2 aromatic rings. The molecule has 1 saturated heterocycles. The van der Waals surface area contributed by atoms with E-state index in [9.17, 15) is 9.59 Å². The maximum atomic E-state index is 13.0. The van der Waals surface area contributed by atoms with Crippen molar-refractivity contribution in [2.24, 2.45) is 5.92 Å². The average molecular weight is 467 g/mol. The Hall–Kier alpha value is -3.36. The van der Waals surface area contributed by atoms with Gasteiger partial charge in [-0.1, -0.05) is 12.1 Å². The summed E-state index contributed by atoms with van der Waals surface area (Å²) in [6.07, 6.45) is 3.12. The Bertz CT molecular complexity index is 979. The highest BCUT2D eigenvalue weighted by Crippen LogP contribution is 2.29. The molecule has 2 heterocycles. The van der Waals surface area contributed by atoms with Crippen molar-refractivity contribution < 1.29 is 14.3 Å². The van der Waals surface area contributed by atoms with Crippen LogP contribution in [0.5, 0.6) is 5.75 Å². The van der Waals surface area contributed by atoms with Crippen molar-refractivity contribution in [2.45, 2.75) is 26.2 Å². The Balaban J connectivity index is 1.34. The fourth-order valence-electron chi connectivity index (χ4n) is 4.18. The van der Waals surface area contributed by atoms with Crippen molar-refractivity contribution in [3.05, 3.63) is 36.4 Å². The molecule has 3 amide bonds. The van der Waals surface area contributed by atoms with E-state index in [4.69, 9.17) is 4.74 Å². The SMILES string of the molecule is CCNC(=O)N(CC(=O)N1CCCN(c2ccc(-c3cccc(OC)c3)nn2)CC1)CC1CC1. The van der Waals surface area contributed by atoms with Gasteiger partial charge in [0.1, 0.15) is 12.3 Å². The minimum atomic E-state index is -0.148. The molecule has 1 saturated carbocycles. The predicted molar refractivity (Wildman–Crippen MR) is 131 cm³/mol. The smallest absolute Gasteiger partial charge is 0.317 e. The summed E-state index contributed by atoms with van der Waals surface area (Å²) in [6, 6.07) is 11.5. The minimum absolute atomic E-state index is 0.00760. The van der Waals surface area contributed by atoms with Crippen molar-refractivity contribution in [1.29, 1.82) is 0 Å². The summed E-state index contributed by atoms with van der Waals surface area (Å²) in [4.78, 5) is 31.1. The number of methoxy groups -OCH3 is 1. The van der Waals surface area contributed by atoms with E-state index in [-0.39, 0.29) is 18.5 Å². The predicted octanol–water partition coefficient (Wildman–Crippen LogP) is 2.63. The van der Waals surface area contributed by atoms with Crippen LogP contribution in [0, 0.1) is 5.92 Å². The van der Waals surface area contributed by atoms with Crippen molar-refractivity contribution in [3.63, 3.8) is 0 Å². The molecule has 4 rings (SSSR count). The van der Waals surface area contributed by atoms with E-state index < -0.39 is 0 Å². The molecule has 0 unspecified atom stereocenters. The highest BCUT2D eigenvalue weighted by atomic mass is 16.5. The van der Waals surface area contributed by atoms with Gasteiger partial charge in [-0.15, -0.1) is 10.2 Å². The van der Waals surface area contributed by atoms with Gasteiger partial charge in [0.2, 0.25) is 5.91 Å². The highest BCUT2D eigenvalue weighted by molar-refractivity contribution is 5.84. The Kier molecular flexibility index (Phi) is 7.82. The van der Waals surface area contributed by atoms with E-state index >= 15 is 0 Å². The molecule has 0 bridgehead atoms. The molecule has 1 aliphatic heterocycles. The third-order valence-corrected chi connectivity index (χ3v) is 6.31. The maximum Gasteiger partial charge on any atom is 0.317 e. The number of carbonyl (C=O) groups excluding carboxylic acids is 2. The summed E-state index contributed by atoms with van der Waals surface area (Å²) >= 11 is 0. The summed E-state index contributed by atoms with van der Waals surface area (Å²) in [6.45, 7) is 6.02. The lowest BCUT2D eigenvalue weighted by atomic mass is 10.1. The lowest BCUT2D eigenvalue weighted by Gasteiger charge is -2.27. The van der Waals surface area contributed by atoms with Crippen molar-refractivity contribution in [3.8, 4) is 17.0 Å². The van der Waals surface area contributed by atoms with Crippen LogP contribution in [0.25, 0.3) is 11.3 Å². The molecule has 1 aromatic carbocycles. The number of urea groups is 1. The molecule has 1 aliphatic carbocycles. The molecular weight excluding hydrogens is 432 g/mol. The molecule has 0 atom stereocenters. The lowest BCUT2D eigenvalue weighted by molar-refractivity contribution is -0.131. The van der Waals surface area contributed by atoms with Gasteiger partial charge in [0.05, 0.1) is 12.8 Å². The second-order valence-electron chi connectivity index (χ2n) is 8.89. The van der Waals surface area contributed by atoms with Crippen LogP contribution in [0.4, 0.5) is 10.6 Å². The largest absolute Gasteiger partial charge is 0.497 e. The second-order valence-corrected chi connectivity index (χ2v) is 8.89. The fraction of sp³-hybridized carbons (Fsp3) is 0.520. The summed E-state index contributed by atoms with van der Waals surface area (Å²) in [5, 5.41) is 11.7. The molecule has 34 heavy (non-hydrogen) atoms. The van der Waals surface area contributed by atoms with Gasteiger partial charge < -0.3 is 24.8 Å². The summed E-state index contributed by atoms with van der Waals surface area (Å²) < 4.78 is 5.30. The maximum absolute atomic E-state index is 13.0. The van der Waals surface area contributed by atoms with Gasteiger partial charge in [0, 0.05) is 44.8 Å². The van der Waals surface area contributed by atoms with E-state index in [1.807, 2.05) is 48.2 Å². The van der Waals surface area contributed by atoms with E-state index in [1.165, 1.54) is 0 Å². The summed E-state index contributed by atoms with van der Waals surface area (Å²) in [5.74, 6) is 2.13. The monoisotopic (exact) mass is 466 g/mol. The minimum Gasteiger partial charge on any atom is -0.497 e. The van der Waals surface area contributed by atoms with Gasteiger partial charge >= 0.3 is 6.03 Å². The van der Waals surface area contributed by atoms with Gasteiger partial charge in [0.15, 0.2) is 5.82 Å². The first-order valence-electron chi connectivity index (χ1n) is 12.1. The second kappa shape index (κ2) is 11.2. The molecule has 2 aliphatic rings. The first-order valence-corrected chi connectivity index (χ1v) is 12.1. The van der Waals surface area contributed by atoms with Gasteiger partial charge in [0.25, 0.3) is 0 Å².